The highest BCUT2D eigenvalue weighted by Crippen LogP contribution is 2.28. The molecule has 0 spiro atoms. The maximum atomic E-state index is 12.6. The first kappa shape index (κ1) is 22.4. The van der Waals surface area contributed by atoms with Gasteiger partial charge in [0.15, 0.2) is 6.10 Å². The highest BCUT2D eigenvalue weighted by Gasteiger charge is 2.17. The van der Waals surface area contributed by atoms with Crippen molar-refractivity contribution in [2.45, 2.75) is 72.1 Å². The van der Waals surface area contributed by atoms with Crippen molar-refractivity contribution < 1.29 is 9.53 Å². The maximum absolute atomic E-state index is 12.6. The molecule has 0 saturated carbocycles. The van der Waals surface area contributed by atoms with Crippen LogP contribution >= 0.6 is 0 Å². The number of hydrogen-bond acceptors (Lipinski definition) is 3. The van der Waals surface area contributed by atoms with Gasteiger partial charge in [0.05, 0.1) is 0 Å². The zero-order valence-electron chi connectivity index (χ0n) is 18.9. The third-order valence-electron chi connectivity index (χ3n) is 5.81. The molecule has 0 aliphatic carbocycles. The average Bonchev–Trinajstić information content (AvgIpc) is 2.73. The van der Waals surface area contributed by atoms with E-state index >= 15 is 0 Å². The Morgan fingerprint density at radius 1 is 1.00 bits per heavy atom. The van der Waals surface area contributed by atoms with Crippen LogP contribution in [0.2, 0.25) is 0 Å². The molecule has 1 heterocycles. The molecule has 0 aromatic heterocycles. The third kappa shape index (κ3) is 6.33. The van der Waals surface area contributed by atoms with Crippen LogP contribution < -0.4 is 10.1 Å². The maximum Gasteiger partial charge on any atom is 0.261 e. The minimum atomic E-state index is -0.539. The summed E-state index contributed by atoms with van der Waals surface area (Å²) in [6.07, 6.45) is 3.44. The molecule has 1 atom stereocenters. The van der Waals surface area contributed by atoms with E-state index in [9.17, 15) is 4.79 Å². The minimum absolute atomic E-state index is 0.0939. The average molecular weight is 409 g/mol. The molecule has 4 nitrogen and oxygen atoms in total. The lowest BCUT2D eigenvalue weighted by Gasteiger charge is -2.26. The quantitative estimate of drug-likeness (QED) is 0.654. The van der Waals surface area contributed by atoms with Gasteiger partial charge < -0.3 is 10.1 Å². The zero-order chi connectivity index (χ0) is 21.5. The standard InChI is InChI=1S/C26H36N2O2/c1-19(2)24-13-8-20(3)16-25(24)30-21(4)26(29)27-17-22-9-11-23(12-10-22)18-28-14-6-5-7-15-28/h8-13,16,19,21H,5-7,14-15,17-18H2,1-4H3,(H,27,29)/t21-/m1/s1. The smallest absolute Gasteiger partial charge is 0.261 e. The summed E-state index contributed by atoms with van der Waals surface area (Å²) in [5.41, 5.74) is 4.71. The first-order chi connectivity index (χ1) is 14.4. The van der Waals surface area contributed by atoms with E-state index in [0.29, 0.717) is 12.5 Å². The minimum Gasteiger partial charge on any atom is -0.481 e. The SMILES string of the molecule is Cc1ccc(C(C)C)c(O[C@H](C)C(=O)NCc2ccc(CN3CCCCC3)cc2)c1. The molecule has 30 heavy (non-hydrogen) atoms. The van der Waals surface area contributed by atoms with Gasteiger partial charge in [0.25, 0.3) is 5.91 Å². The number of likely N-dealkylation sites (tertiary alicyclic amines) is 1. The largest absolute Gasteiger partial charge is 0.481 e. The predicted molar refractivity (Wildman–Crippen MR) is 123 cm³/mol. The van der Waals surface area contributed by atoms with Crippen LogP contribution in [0.5, 0.6) is 5.75 Å². The Balaban J connectivity index is 1.50. The highest BCUT2D eigenvalue weighted by atomic mass is 16.5. The van der Waals surface area contributed by atoms with Crippen molar-refractivity contribution >= 4 is 5.91 Å². The molecule has 1 saturated heterocycles. The number of carbonyl (C=O) groups is 1. The second-order valence-corrected chi connectivity index (χ2v) is 8.83. The third-order valence-corrected chi connectivity index (χ3v) is 5.81. The van der Waals surface area contributed by atoms with Crippen molar-refractivity contribution in [3.8, 4) is 5.75 Å². The predicted octanol–water partition coefficient (Wildman–Crippen LogP) is 5.19. The van der Waals surface area contributed by atoms with Gasteiger partial charge >= 0.3 is 0 Å². The van der Waals surface area contributed by atoms with Crippen LogP contribution in [0.15, 0.2) is 42.5 Å². The van der Waals surface area contributed by atoms with Crippen LogP contribution in [0, 0.1) is 6.92 Å². The van der Waals surface area contributed by atoms with Crippen molar-refractivity contribution in [3.63, 3.8) is 0 Å². The topological polar surface area (TPSA) is 41.6 Å². The second kappa shape index (κ2) is 10.6. The summed E-state index contributed by atoms with van der Waals surface area (Å²) in [5.74, 6) is 1.05. The lowest BCUT2D eigenvalue weighted by Crippen LogP contribution is -2.36. The molecule has 0 radical (unpaired) electrons. The van der Waals surface area contributed by atoms with Gasteiger partial charge in [-0.15, -0.1) is 0 Å². The summed E-state index contributed by atoms with van der Waals surface area (Å²) in [6, 6.07) is 14.8. The van der Waals surface area contributed by atoms with Crippen molar-refractivity contribution in [1.29, 1.82) is 0 Å². The number of hydrogen-bond donors (Lipinski definition) is 1. The second-order valence-electron chi connectivity index (χ2n) is 8.83. The molecule has 3 rings (SSSR count). The van der Waals surface area contributed by atoms with E-state index < -0.39 is 6.10 Å². The molecule has 4 heteroatoms. The number of nitrogens with one attached hydrogen (secondary N) is 1. The molecule has 0 unspecified atom stereocenters. The fourth-order valence-electron chi connectivity index (χ4n) is 3.94. The van der Waals surface area contributed by atoms with Crippen LogP contribution in [0.25, 0.3) is 0 Å². The summed E-state index contributed by atoms with van der Waals surface area (Å²) in [7, 11) is 0. The van der Waals surface area contributed by atoms with E-state index in [1.165, 1.54) is 37.9 Å². The molecule has 0 bridgehead atoms. The molecule has 1 amide bonds. The molecular weight excluding hydrogens is 372 g/mol. The van der Waals surface area contributed by atoms with Gasteiger partial charge in [-0.1, -0.05) is 56.7 Å². The van der Waals surface area contributed by atoms with Gasteiger partial charge in [0, 0.05) is 13.1 Å². The molecule has 1 fully saturated rings. The number of nitrogens with zero attached hydrogens (tertiary/aromatic N) is 1. The van der Waals surface area contributed by atoms with E-state index in [-0.39, 0.29) is 5.91 Å². The van der Waals surface area contributed by atoms with E-state index in [0.717, 1.165) is 29.0 Å². The number of piperidine rings is 1. The Morgan fingerprint density at radius 2 is 1.67 bits per heavy atom. The zero-order valence-corrected chi connectivity index (χ0v) is 18.9. The number of aryl methyl sites for hydroxylation is 1. The first-order valence-electron chi connectivity index (χ1n) is 11.3. The lowest BCUT2D eigenvalue weighted by atomic mass is 10.0. The molecular formula is C26H36N2O2. The highest BCUT2D eigenvalue weighted by molar-refractivity contribution is 5.80. The lowest BCUT2D eigenvalue weighted by molar-refractivity contribution is -0.127. The summed E-state index contributed by atoms with van der Waals surface area (Å²) >= 11 is 0. The van der Waals surface area contributed by atoms with Gasteiger partial charge in [-0.3, -0.25) is 9.69 Å². The summed E-state index contributed by atoms with van der Waals surface area (Å²) in [4.78, 5) is 15.1. The number of rotatable bonds is 8. The van der Waals surface area contributed by atoms with Gasteiger partial charge in [0.1, 0.15) is 5.75 Å². The van der Waals surface area contributed by atoms with Crippen LogP contribution in [-0.4, -0.2) is 30.0 Å². The molecule has 2 aromatic carbocycles. The van der Waals surface area contributed by atoms with E-state index in [2.05, 4.69) is 60.5 Å². The van der Waals surface area contributed by atoms with Gasteiger partial charge in [-0.05, 0) is 74.0 Å². The molecule has 1 N–H and O–H groups in total. The molecule has 1 aliphatic heterocycles. The Hall–Kier alpha value is -2.33. The Bertz CT molecular complexity index is 823. The van der Waals surface area contributed by atoms with E-state index in [4.69, 9.17) is 4.74 Å². The van der Waals surface area contributed by atoms with Crippen LogP contribution in [-0.2, 0) is 17.9 Å². The van der Waals surface area contributed by atoms with Crippen molar-refractivity contribution in [2.24, 2.45) is 0 Å². The molecule has 2 aromatic rings. The fraction of sp³-hybridized carbons (Fsp3) is 0.500. The van der Waals surface area contributed by atoms with Crippen LogP contribution in [0.3, 0.4) is 0 Å². The monoisotopic (exact) mass is 408 g/mol. The normalized spacial score (nSPS) is 15.8. The van der Waals surface area contributed by atoms with Crippen LogP contribution in [0.1, 0.15) is 68.2 Å². The Morgan fingerprint density at radius 3 is 2.33 bits per heavy atom. The number of ether oxygens (including phenoxy) is 1. The van der Waals surface area contributed by atoms with Crippen molar-refractivity contribution in [1.82, 2.24) is 10.2 Å². The summed E-state index contributed by atoms with van der Waals surface area (Å²) in [6.45, 7) is 12.1. The fourth-order valence-corrected chi connectivity index (χ4v) is 3.94. The van der Waals surface area contributed by atoms with E-state index in [1.54, 1.807) is 0 Å². The van der Waals surface area contributed by atoms with E-state index in [1.807, 2.05) is 19.9 Å². The van der Waals surface area contributed by atoms with Crippen LogP contribution in [0.4, 0.5) is 0 Å². The summed E-state index contributed by atoms with van der Waals surface area (Å²) in [5, 5.41) is 3.01. The first-order valence-corrected chi connectivity index (χ1v) is 11.3. The molecule has 1 aliphatic rings. The van der Waals surface area contributed by atoms with Crippen molar-refractivity contribution in [2.75, 3.05) is 13.1 Å². The molecule has 162 valence electrons. The van der Waals surface area contributed by atoms with Gasteiger partial charge in [-0.2, -0.15) is 0 Å². The summed E-state index contributed by atoms with van der Waals surface area (Å²) < 4.78 is 6.02. The van der Waals surface area contributed by atoms with Crippen molar-refractivity contribution in [3.05, 3.63) is 64.7 Å². The Kier molecular flexibility index (Phi) is 7.92. The number of amides is 1. The van der Waals surface area contributed by atoms with Gasteiger partial charge in [0.2, 0.25) is 0 Å². The number of carbonyl (C=O) groups excluding carboxylic acids is 1. The van der Waals surface area contributed by atoms with Gasteiger partial charge in [-0.25, -0.2) is 0 Å². The number of benzene rings is 2. The Labute approximate surface area is 181 Å².